The summed E-state index contributed by atoms with van der Waals surface area (Å²) in [7, 11) is 0. The maximum Gasteiger partial charge on any atom is 0.325 e. The number of imide groups is 1. The molecule has 126 valence electrons. The number of likely N-dealkylation sites (N-methyl/N-ethyl adjacent to an activating group) is 1. The van der Waals surface area contributed by atoms with Crippen molar-refractivity contribution in [2.24, 2.45) is 0 Å². The first-order valence-corrected chi connectivity index (χ1v) is 8.19. The van der Waals surface area contributed by atoms with Gasteiger partial charge in [-0.25, -0.2) is 4.79 Å². The highest BCUT2D eigenvalue weighted by atomic mass is 16.2. The van der Waals surface area contributed by atoms with E-state index >= 15 is 0 Å². The highest BCUT2D eigenvalue weighted by molar-refractivity contribution is 6.27. The molecule has 6 nitrogen and oxygen atoms in total. The van der Waals surface area contributed by atoms with Crippen molar-refractivity contribution in [2.45, 2.75) is 19.0 Å². The molecule has 1 unspecified atom stereocenters. The number of nitrogens with one attached hydrogen (secondary N) is 1. The second kappa shape index (κ2) is 5.44. The monoisotopic (exact) mass is 335 g/mol. The van der Waals surface area contributed by atoms with Crippen LogP contribution in [0, 0.1) is 0 Å². The Morgan fingerprint density at radius 1 is 0.880 bits per heavy atom. The lowest BCUT2D eigenvalue weighted by molar-refractivity contribution is -0.138. The van der Waals surface area contributed by atoms with E-state index in [1.807, 2.05) is 36.4 Å². The highest BCUT2D eigenvalue weighted by Crippen LogP contribution is 2.44. The van der Waals surface area contributed by atoms with Gasteiger partial charge in [-0.1, -0.05) is 48.5 Å². The van der Waals surface area contributed by atoms with Gasteiger partial charge in [0.15, 0.2) is 0 Å². The lowest BCUT2D eigenvalue weighted by Crippen LogP contribution is -2.52. The average molecular weight is 335 g/mol. The Morgan fingerprint density at radius 3 is 2.20 bits per heavy atom. The molecule has 2 aromatic rings. The molecule has 1 atom stereocenters. The largest absolute Gasteiger partial charge is 0.325 e. The van der Waals surface area contributed by atoms with Gasteiger partial charge < -0.3 is 10.2 Å². The maximum absolute atomic E-state index is 13.3. The van der Waals surface area contributed by atoms with Crippen LogP contribution in [0.2, 0.25) is 0 Å². The zero-order valence-electron chi connectivity index (χ0n) is 13.7. The molecule has 4 amide bonds. The number of fused-ring (bicyclic) bond motifs is 2. The van der Waals surface area contributed by atoms with Crippen molar-refractivity contribution in [2.75, 3.05) is 11.4 Å². The smallest absolute Gasteiger partial charge is 0.311 e. The summed E-state index contributed by atoms with van der Waals surface area (Å²) in [6, 6.07) is 16.2. The third kappa shape index (κ3) is 2.00. The first-order valence-electron chi connectivity index (χ1n) is 8.19. The van der Waals surface area contributed by atoms with Gasteiger partial charge in [0.2, 0.25) is 5.54 Å². The minimum absolute atomic E-state index is 0.223. The SMILES string of the molecule is CCN1C(=O)NC2(C1=O)C(=O)N(Cc1ccccc1)c1ccccc12. The van der Waals surface area contributed by atoms with Crippen molar-refractivity contribution in [3.63, 3.8) is 0 Å². The van der Waals surface area contributed by atoms with E-state index in [1.54, 1.807) is 30.0 Å². The molecular formula is C19H17N3O3. The van der Waals surface area contributed by atoms with Gasteiger partial charge in [-0.15, -0.1) is 0 Å². The molecule has 0 aromatic heterocycles. The third-order valence-corrected chi connectivity index (χ3v) is 4.77. The first kappa shape index (κ1) is 15.4. The number of anilines is 1. The van der Waals surface area contributed by atoms with Gasteiger partial charge in [0.05, 0.1) is 12.2 Å². The Hall–Kier alpha value is -3.15. The number of hydrogen-bond acceptors (Lipinski definition) is 3. The van der Waals surface area contributed by atoms with Crippen molar-refractivity contribution in [1.29, 1.82) is 0 Å². The zero-order valence-corrected chi connectivity index (χ0v) is 13.7. The second-order valence-corrected chi connectivity index (χ2v) is 6.12. The molecule has 2 aromatic carbocycles. The molecule has 1 N–H and O–H groups in total. The zero-order chi connectivity index (χ0) is 17.6. The summed E-state index contributed by atoms with van der Waals surface area (Å²) >= 11 is 0. The fourth-order valence-electron chi connectivity index (χ4n) is 3.57. The number of hydrogen-bond donors (Lipinski definition) is 1. The van der Waals surface area contributed by atoms with Crippen LogP contribution < -0.4 is 10.2 Å². The summed E-state index contributed by atoms with van der Waals surface area (Å²) in [4.78, 5) is 41.1. The van der Waals surface area contributed by atoms with Crippen LogP contribution in [0.15, 0.2) is 54.6 Å². The van der Waals surface area contributed by atoms with Crippen LogP contribution in [0.5, 0.6) is 0 Å². The van der Waals surface area contributed by atoms with E-state index in [2.05, 4.69) is 5.32 Å². The number of rotatable bonds is 3. The fourth-order valence-corrected chi connectivity index (χ4v) is 3.57. The van der Waals surface area contributed by atoms with Gasteiger partial charge in [-0.05, 0) is 18.6 Å². The van der Waals surface area contributed by atoms with Crippen molar-refractivity contribution < 1.29 is 14.4 Å². The van der Waals surface area contributed by atoms with Crippen LogP contribution in [0.25, 0.3) is 0 Å². The van der Waals surface area contributed by atoms with Gasteiger partial charge >= 0.3 is 6.03 Å². The normalized spacial score (nSPS) is 21.9. The summed E-state index contributed by atoms with van der Waals surface area (Å²) in [6.07, 6.45) is 0. The Bertz CT molecular complexity index is 880. The van der Waals surface area contributed by atoms with Crippen molar-refractivity contribution in [3.8, 4) is 0 Å². The van der Waals surface area contributed by atoms with Crippen LogP contribution in [-0.2, 0) is 21.7 Å². The van der Waals surface area contributed by atoms with E-state index in [1.165, 1.54) is 0 Å². The minimum Gasteiger partial charge on any atom is -0.311 e. The van der Waals surface area contributed by atoms with E-state index in [0.717, 1.165) is 10.5 Å². The van der Waals surface area contributed by atoms with Crippen LogP contribution in [0.1, 0.15) is 18.1 Å². The van der Waals surface area contributed by atoms with Crippen LogP contribution >= 0.6 is 0 Å². The summed E-state index contributed by atoms with van der Waals surface area (Å²) in [5.74, 6) is -0.917. The van der Waals surface area contributed by atoms with Crippen LogP contribution in [-0.4, -0.2) is 29.3 Å². The van der Waals surface area contributed by atoms with Gasteiger partial charge in [-0.2, -0.15) is 0 Å². The van der Waals surface area contributed by atoms with E-state index in [4.69, 9.17) is 0 Å². The van der Waals surface area contributed by atoms with Crippen molar-refractivity contribution in [1.82, 2.24) is 10.2 Å². The van der Waals surface area contributed by atoms with Crippen molar-refractivity contribution >= 4 is 23.5 Å². The van der Waals surface area contributed by atoms with Crippen molar-refractivity contribution in [3.05, 3.63) is 65.7 Å². The topological polar surface area (TPSA) is 69.7 Å². The molecule has 4 rings (SSSR count). The molecule has 1 fully saturated rings. The minimum atomic E-state index is -1.64. The highest BCUT2D eigenvalue weighted by Gasteiger charge is 2.63. The molecule has 0 radical (unpaired) electrons. The number of carbonyl (C=O) groups is 3. The van der Waals surface area contributed by atoms with Crippen LogP contribution in [0.4, 0.5) is 10.5 Å². The van der Waals surface area contributed by atoms with Gasteiger partial charge in [0.25, 0.3) is 11.8 Å². The summed E-state index contributed by atoms with van der Waals surface area (Å²) < 4.78 is 0. The lowest BCUT2D eigenvalue weighted by atomic mass is 9.91. The Balaban J connectivity index is 1.82. The molecule has 1 spiro atoms. The summed E-state index contributed by atoms with van der Waals surface area (Å²) in [5, 5.41) is 2.65. The quantitative estimate of drug-likeness (QED) is 0.689. The number of para-hydroxylation sites is 1. The Kier molecular flexibility index (Phi) is 3.35. The van der Waals surface area contributed by atoms with Gasteiger partial charge in [0.1, 0.15) is 0 Å². The molecule has 2 aliphatic rings. The van der Waals surface area contributed by atoms with E-state index < -0.39 is 23.4 Å². The predicted molar refractivity (Wildman–Crippen MR) is 91.7 cm³/mol. The fraction of sp³-hybridized carbons (Fsp3) is 0.211. The third-order valence-electron chi connectivity index (χ3n) is 4.77. The number of urea groups is 1. The Morgan fingerprint density at radius 2 is 1.52 bits per heavy atom. The first-order chi connectivity index (χ1) is 12.1. The van der Waals surface area contributed by atoms with Gasteiger partial charge in [0, 0.05) is 12.1 Å². The molecule has 25 heavy (non-hydrogen) atoms. The van der Waals surface area contributed by atoms with E-state index in [0.29, 0.717) is 17.8 Å². The molecule has 0 bridgehead atoms. The van der Waals surface area contributed by atoms with E-state index in [-0.39, 0.29) is 6.54 Å². The summed E-state index contributed by atoms with van der Waals surface area (Å²) in [5.41, 5.74) is 0.498. The molecule has 6 heteroatoms. The molecule has 0 saturated carbocycles. The summed E-state index contributed by atoms with van der Waals surface area (Å²) in [6.45, 7) is 2.28. The lowest BCUT2D eigenvalue weighted by Gasteiger charge is -2.22. The number of benzene rings is 2. The average Bonchev–Trinajstić information content (AvgIpc) is 3.03. The number of amides is 4. The van der Waals surface area contributed by atoms with Gasteiger partial charge in [-0.3, -0.25) is 14.5 Å². The van der Waals surface area contributed by atoms with E-state index in [9.17, 15) is 14.4 Å². The molecule has 2 heterocycles. The predicted octanol–water partition coefficient (Wildman–Crippen LogP) is 2.00. The standard InChI is InChI=1S/C19H17N3O3/c1-2-21-16(23)19(20-18(21)25)14-10-6-7-11-15(14)22(17(19)24)12-13-8-4-3-5-9-13/h3-11H,2,12H2,1H3,(H,20,25). The van der Waals surface area contributed by atoms with Crippen LogP contribution in [0.3, 0.4) is 0 Å². The molecule has 1 saturated heterocycles. The second-order valence-electron chi connectivity index (χ2n) is 6.12. The molecular weight excluding hydrogens is 318 g/mol. The number of nitrogens with zero attached hydrogens (tertiary/aromatic N) is 2. The Labute approximate surface area is 145 Å². The number of carbonyl (C=O) groups excluding carboxylic acids is 3. The molecule has 2 aliphatic heterocycles. The molecule has 0 aliphatic carbocycles. The maximum atomic E-state index is 13.3.